The molecule has 4 unspecified atom stereocenters. The highest BCUT2D eigenvalue weighted by atomic mass is 16.7. The van der Waals surface area contributed by atoms with Crippen molar-refractivity contribution >= 4 is 17.7 Å². The molecular formula is C17H19NO6. The van der Waals surface area contributed by atoms with Gasteiger partial charge in [-0.25, -0.2) is 0 Å². The molecule has 7 nitrogen and oxygen atoms in total. The van der Waals surface area contributed by atoms with Crippen molar-refractivity contribution in [1.82, 2.24) is 0 Å². The highest BCUT2D eigenvalue weighted by Gasteiger charge is 2.69. The van der Waals surface area contributed by atoms with Crippen LogP contribution < -0.4 is 0 Å². The molecule has 2 aliphatic heterocycles. The summed E-state index contributed by atoms with van der Waals surface area (Å²) >= 11 is 0. The maximum Gasteiger partial charge on any atom is 0.315 e. The van der Waals surface area contributed by atoms with Gasteiger partial charge in [0.2, 0.25) is 5.79 Å². The highest BCUT2D eigenvalue weighted by Crippen LogP contribution is 2.50. The van der Waals surface area contributed by atoms with Gasteiger partial charge in [-0.2, -0.15) is 0 Å². The molecule has 2 heterocycles. The van der Waals surface area contributed by atoms with Gasteiger partial charge in [0, 0.05) is 12.2 Å². The van der Waals surface area contributed by atoms with Gasteiger partial charge >= 0.3 is 11.9 Å². The van der Waals surface area contributed by atoms with Crippen LogP contribution in [0, 0.1) is 11.8 Å². The minimum absolute atomic E-state index is 0.278. The summed E-state index contributed by atoms with van der Waals surface area (Å²) in [7, 11) is 2.53. The van der Waals surface area contributed by atoms with Crippen molar-refractivity contribution in [3.63, 3.8) is 0 Å². The molecule has 128 valence electrons. The Balaban J connectivity index is 2.12. The zero-order valence-electron chi connectivity index (χ0n) is 13.7. The number of hydrogen-bond donors (Lipinski definition) is 0. The minimum atomic E-state index is -1.45. The Morgan fingerprint density at radius 2 is 1.83 bits per heavy atom. The van der Waals surface area contributed by atoms with Crippen LogP contribution in [0.1, 0.15) is 12.5 Å². The number of nitrogens with zero attached hydrogens (tertiary/aromatic N) is 1. The summed E-state index contributed by atoms with van der Waals surface area (Å²) in [5, 5.41) is 0. The summed E-state index contributed by atoms with van der Waals surface area (Å²) < 4.78 is 21.5. The molecule has 0 aliphatic carbocycles. The molecule has 4 atom stereocenters. The second kappa shape index (κ2) is 6.33. The van der Waals surface area contributed by atoms with E-state index in [-0.39, 0.29) is 6.61 Å². The van der Waals surface area contributed by atoms with E-state index in [9.17, 15) is 9.59 Å². The van der Waals surface area contributed by atoms with Gasteiger partial charge in [0.15, 0.2) is 6.23 Å². The van der Waals surface area contributed by atoms with Crippen LogP contribution in [0.4, 0.5) is 0 Å². The lowest BCUT2D eigenvalue weighted by Gasteiger charge is -2.33. The molecule has 2 aliphatic rings. The summed E-state index contributed by atoms with van der Waals surface area (Å²) in [5.74, 6) is -4.50. The van der Waals surface area contributed by atoms with E-state index in [1.807, 2.05) is 30.3 Å². The van der Waals surface area contributed by atoms with Crippen LogP contribution in [-0.4, -0.2) is 50.5 Å². The lowest BCUT2D eigenvalue weighted by Crippen LogP contribution is -2.53. The van der Waals surface area contributed by atoms with E-state index in [0.717, 1.165) is 5.56 Å². The van der Waals surface area contributed by atoms with Crippen LogP contribution in [0.3, 0.4) is 0 Å². The summed E-state index contributed by atoms with van der Waals surface area (Å²) in [6, 6.07) is 9.29. The Hall–Kier alpha value is -2.25. The molecule has 7 heteroatoms. The average Bonchev–Trinajstić information content (AvgIpc) is 3.14. The molecule has 0 spiro atoms. The standard InChI is InChI=1S/C17H19NO6/c1-4-23-17-12(16(20)22-3)11(15(19)21-2)14(24-17)18-13(17)10-8-6-5-7-9-10/h5-9,11-12,14H,4H2,1-3H3. The third-order valence-electron chi connectivity index (χ3n) is 4.29. The number of carbonyl (C=O) groups is 2. The third kappa shape index (κ3) is 2.32. The zero-order valence-corrected chi connectivity index (χ0v) is 13.7. The number of hydrogen-bond acceptors (Lipinski definition) is 7. The SMILES string of the molecule is CCOC12OC(N=C1c1ccccc1)C(C(=O)OC)C2C(=O)OC. The Morgan fingerprint density at radius 1 is 1.17 bits per heavy atom. The Labute approximate surface area is 139 Å². The topological polar surface area (TPSA) is 83.4 Å². The van der Waals surface area contributed by atoms with Gasteiger partial charge in [0.1, 0.15) is 17.5 Å². The van der Waals surface area contributed by atoms with E-state index in [1.54, 1.807) is 6.92 Å². The molecule has 0 amide bonds. The number of rotatable bonds is 5. The number of aliphatic imine (C=N–C) groups is 1. The van der Waals surface area contributed by atoms with Crippen LogP contribution in [0.2, 0.25) is 0 Å². The number of benzene rings is 1. The molecule has 0 aromatic heterocycles. The van der Waals surface area contributed by atoms with Gasteiger partial charge in [-0.3, -0.25) is 14.6 Å². The predicted octanol–water partition coefficient (Wildman–Crippen LogP) is 1.16. The van der Waals surface area contributed by atoms with Gasteiger partial charge in [0.05, 0.1) is 14.2 Å². The van der Waals surface area contributed by atoms with E-state index >= 15 is 0 Å². The Kier molecular flexibility index (Phi) is 4.38. The van der Waals surface area contributed by atoms with E-state index in [2.05, 4.69) is 4.99 Å². The van der Waals surface area contributed by atoms with Gasteiger partial charge in [-0.1, -0.05) is 30.3 Å². The fourth-order valence-electron chi connectivity index (χ4n) is 3.35. The van der Waals surface area contributed by atoms with Crippen molar-refractivity contribution < 1.29 is 28.5 Å². The molecule has 1 aromatic carbocycles. The molecule has 24 heavy (non-hydrogen) atoms. The Morgan fingerprint density at radius 3 is 2.42 bits per heavy atom. The summed E-state index contributed by atoms with van der Waals surface area (Å²) in [5.41, 5.74) is 1.26. The number of fused-ring (bicyclic) bond motifs is 2. The van der Waals surface area contributed by atoms with Gasteiger partial charge in [-0.05, 0) is 6.92 Å². The van der Waals surface area contributed by atoms with Crippen molar-refractivity contribution in [2.75, 3.05) is 20.8 Å². The van der Waals surface area contributed by atoms with E-state index in [4.69, 9.17) is 18.9 Å². The number of carbonyl (C=O) groups excluding carboxylic acids is 2. The summed E-state index contributed by atoms with van der Waals surface area (Å²) in [6.45, 7) is 2.06. The smallest absolute Gasteiger partial charge is 0.315 e. The fourth-order valence-corrected chi connectivity index (χ4v) is 3.35. The van der Waals surface area contributed by atoms with Crippen molar-refractivity contribution in [3.05, 3.63) is 35.9 Å². The maximum absolute atomic E-state index is 12.4. The first-order valence-corrected chi connectivity index (χ1v) is 7.70. The second-order valence-corrected chi connectivity index (χ2v) is 5.50. The van der Waals surface area contributed by atoms with Gasteiger partial charge in [-0.15, -0.1) is 0 Å². The summed E-state index contributed by atoms with van der Waals surface area (Å²) in [4.78, 5) is 29.1. The molecule has 1 fully saturated rings. The normalized spacial score (nSPS) is 30.8. The van der Waals surface area contributed by atoms with Crippen molar-refractivity contribution in [3.8, 4) is 0 Å². The quantitative estimate of drug-likeness (QED) is 0.752. The first-order chi connectivity index (χ1) is 11.6. The van der Waals surface area contributed by atoms with Gasteiger partial charge in [0.25, 0.3) is 0 Å². The average molecular weight is 333 g/mol. The first-order valence-electron chi connectivity index (χ1n) is 7.70. The minimum Gasteiger partial charge on any atom is -0.469 e. The number of esters is 2. The fraction of sp³-hybridized carbons (Fsp3) is 0.471. The molecule has 3 rings (SSSR count). The predicted molar refractivity (Wildman–Crippen MR) is 83.2 cm³/mol. The number of ether oxygens (including phenoxy) is 4. The van der Waals surface area contributed by atoms with Crippen LogP contribution in [0.5, 0.6) is 0 Å². The van der Waals surface area contributed by atoms with E-state index < -0.39 is 35.8 Å². The van der Waals surface area contributed by atoms with E-state index in [0.29, 0.717) is 5.71 Å². The largest absolute Gasteiger partial charge is 0.469 e. The van der Waals surface area contributed by atoms with Crippen LogP contribution in [0.15, 0.2) is 35.3 Å². The van der Waals surface area contributed by atoms with Crippen molar-refractivity contribution in [2.24, 2.45) is 16.8 Å². The van der Waals surface area contributed by atoms with Gasteiger partial charge < -0.3 is 18.9 Å². The lowest BCUT2D eigenvalue weighted by atomic mass is 9.80. The molecule has 1 aromatic rings. The number of methoxy groups -OCH3 is 2. The van der Waals surface area contributed by atoms with Crippen LogP contribution in [0.25, 0.3) is 0 Å². The molecule has 0 N–H and O–H groups in total. The van der Waals surface area contributed by atoms with Crippen LogP contribution in [-0.2, 0) is 28.5 Å². The molecular weight excluding hydrogens is 314 g/mol. The van der Waals surface area contributed by atoms with Crippen LogP contribution >= 0.6 is 0 Å². The highest BCUT2D eigenvalue weighted by molar-refractivity contribution is 6.10. The lowest BCUT2D eigenvalue weighted by molar-refractivity contribution is -0.193. The monoisotopic (exact) mass is 333 g/mol. The van der Waals surface area contributed by atoms with E-state index in [1.165, 1.54) is 14.2 Å². The molecule has 0 saturated carbocycles. The second-order valence-electron chi connectivity index (χ2n) is 5.50. The zero-order chi connectivity index (χ0) is 17.3. The maximum atomic E-state index is 12.4. The van der Waals surface area contributed by atoms with Crippen molar-refractivity contribution in [1.29, 1.82) is 0 Å². The van der Waals surface area contributed by atoms with Crippen molar-refractivity contribution in [2.45, 2.75) is 18.9 Å². The molecule has 2 bridgehead atoms. The Bertz CT molecular complexity index is 673. The molecule has 1 saturated heterocycles. The third-order valence-corrected chi connectivity index (χ3v) is 4.29. The molecule has 0 radical (unpaired) electrons. The summed E-state index contributed by atoms with van der Waals surface area (Å²) in [6.07, 6.45) is -0.844. The first kappa shape index (κ1) is 16.6.